The van der Waals surface area contributed by atoms with Gasteiger partial charge in [-0.05, 0) is 50.8 Å². The molecule has 0 amide bonds. The Bertz CT molecular complexity index is 523. The lowest BCUT2D eigenvalue weighted by Gasteiger charge is -2.34. The minimum absolute atomic E-state index is 0.383. The summed E-state index contributed by atoms with van der Waals surface area (Å²) in [5, 5.41) is 10.0. The maximum Gasteiger partial charge on any atom is 0.166 e. The second-order valence-corrected chi connectivity index (χ2v) is 5.01. The number of benzene rings is 1. The van der Waals surface area contributed by atoms with Gasteiger partial charge in [0.05, 0.1) is 0 Å². The number of phenolic OH excluding ortho intramolecular Hbond substituents is 1. The van der Waals surface area contributed by atoms with Crippen LogP contribution in [0.15, 0.2) is 0 Å². The Labute approximate surface area is 103 Å². The normalized spacial score (nSPS) is 22.5. The highest BCUT2D eigenvalue weighted by Crippen LogP contribution is 2.42. The van der Waals surface area contributed by atoms with Gasteiger partial charge in [0.2, 0.25) is 0 Å². The summed E-state index contributed by atoms with van der Waals surface area (Å²) >= 11 is 0. The summed E-state index contributed by atoms with van der Waals surface area (Å²) in [5.41, 5.74) is 3.36. The van der Waals surface area contributed by atoms with Crippen molar-refractivity contribution in [2.75, 3.05) is 0 Å². The van der Waals surface area contributed by atoms with Gasteiger partial charge in [0.25, 0.3) is 0 Å². The quantitative estimate of drug-likeness (QED) is 0.694. The molecule has 0 aliphatic carbocycles. The molecule has 0 spiro atoms. The predicted molar refractivity (Wildman–Crippen MR) is 68.5 cm³/mol. The van der Waals surface area contributed by atoms with E-state index in [2.05, 4.69) is 5.92 Å². The molecule has 0 radical (unpaired) electrons. The topological polar surface area (TPSA) is 29.5 Å². The molecular formula is C15H18O2. The Balaban J connectivity index is 2.64. The minimum Gasteiger partial charge on any atom is -0.507 e. The van der Waals surface area contributed by atoms with Gasteiger partial charge in [0.1, 0.15) is 11.5 Å². The molecule has 1 aromatic rings. The lowest BCUT2D eigenvalue weighted by Crippen LogP contribution is -2.35. The van der Waals surface area contributed by atoms with Gasteiger partial charge < -0.3 is 9.84 Å². The van der Waals surface area contributed by atoms with Crippen molar-refractivity contribution in [3.8, 4) is 23.8 Å². The summed E-state index contributed by atoms with van der Waals surface area (Å²) in [4.78, 5) is 0. The maximum atomic E-state index is 10.0. The van der Waals surface area contributed by atoms with Gasteiger partial charge in [-0.25, -0.2) is 0 Å². The van der Waals surface area contributed by atoms with E-state index < -0.39 is 5.60 Å². The van der Waals surface area contributed by atoms with Crippen LogP contribution in [-0.4, -0.2) is 10.7 Å². The Morgan fingerprint density at radius 3 is 2.47 bits per heavy atom. The first kappa shape index (κ1) is 11.9. The van der Waals surface area contributed by atoms with Gasteiger partial charge in [-0.3, -0.25) is 0 Å². The molecule has 1 heterocycles. The maximum absolute atomic E-state index is 10.0. The van der Waals surface area contributed by atoms with Crippen molar-refractivity contribution in [2.45, 2.75) is 46.1 Å². The third-order valence-electron chi connectivity index (χ3n) is 3.82. The second-order valence-electron chi connectivity index (χ2n) is 5.01. The molecule has 90 valence electrons. The van der Waals surface area contributed by atoms with Crippen molar-refractivity contribution in [3.05, 3.63) is 22.3 Å². The predicted octanol–water partition coefficient (Wildman–Crippen LogP) is 3.03. The monoisotopic (exact) mass is 230 g/mol. The van der Waals surface area contributed by atoms with Gasteiger partial charge in [-0.2, -0.15) is 0 Å². The number of phenols is 1. The van der Waals surface area contributed by atoms with Crippen LogP contribution in [0.1, 0.15) is 35.6 Å². The van der Waals surface area contributed by atoms with Gasteiger partial charge in [0.15, 0.2) is 5.60 Å². The number of ether oxygens (including phenoxy) is 1. The van der Waals surface area contributed by atoms with E-state index in [1.807, 2.05) is 27.7 Å². The zero-order chi connectivity index (χ0) is 12.8. The van der Waals surface area contributed by atoms with Crippen molar-refractivity contribution in [3.63, 3.8) is 0 Å². The SMILES string of the molecule is C#CC1(C)CCc2c(C)c(O)c(C)c(C)c2O1. The van der Waals surface area contributed by atoms with E-state index in [4.69, 9.17) is 11.2 Å². The number of aromatic hydroxyl groups is 1. The highest BCUT2D eigenvalue weighted by Gasteiger charge is 2.32. The third-order valence-corrected chi connectivity index (χ3v) is 3.82. The summed E-state index contributed by atoms with van der Waals surface area (Å²) in [7, 11) is 0. The van der Waals surface area contributed by atoms with E-state index in [1.54, 1.807) is 0 Å². The first-order chi connectivity index (χ1) is 7.89. The van der Waals surface area contributed by atoms with Crippen LogP contribution < -0.4 is 4.74 Å². The number of fused-ring (bicyclic) bond motifs is 1. The fourth-order valence-corrected chi connectivity index (χ4v) is 2.35. The molecule has 0 bridgehead atoms. The lowest BCUT2D eigenvalue weighted by atomic mass is 9.87. The lowest BCUT2D eigenvalue weighted by molar-refractivity contribution is 0.122. The molecule has 0 saturated carbocycles. The number of hydrogen-bond donors (Lipinski definition) is 1. The van der Waals surface area contributed by atoms with Crippen LogP contribution in [0.5, 0.6) is 11.5 Å². The van der Waals surface area contributed by atoms with Crippen LogP contribution in [0.2, 0.25) is 0 Å². The molecule has 0 aromatic heterocycles. The van der Waals surface area contributed by atoms with E-state index in [9.17, 15) is 5.11 Å². The van der Waals surface area contributed by atoms with Crippen LogP contribution >= 0.6 is 0 Å². The summed E-state index contributed by atoms with van der Waals surface area (Å²) in [6.45, 7) is 7.74. The smallest absolute Gasteiger partial charge is 0.166 e. The van der Waals surface area contributed by atoms with Crippen molar-refractivity contribution >= 4 is 0 Å². The number of rotatable bonds is 0. The molecule has 0 saturated heterocycles. The zero-order valence-electron chi connectivity index (χ0n) is 10.8. The molecule has 2 rings (SSSR count). The van der Waals surface area contributed by atoms with E-state index >= 15 is 0 Å². The van der Waals surface area contributed by atoms with Crippen molar-refractivity contribution in [1.29, 1.82) is 0 Å². The average Bonchev–Trinajstić information content (AvgIpc) is 2.33. The number of hydrogen-bond acceptors (Lipinski definition) is 2. The summed E-state index contributed by atoms with van der Waals surface area (Å²) < 4.78 is 5.97. The van der Waals surface area contributed by atoms with Crippen LogP contribution in [0.3, 0.4) is 0 Å². The van der Waals surface area contributed by atoms with Gasteiger partial charge in [0, 0.05) is 12.0 Å². The van der Waals surface area contributed by atoms with Crippen molar-refractivity contribution < 1.29 is 9.84 Å². The summed E-state index contributed by atoms with van der Waals surface area (Å²) in [6.07, 6.45) is 7.17. The van der Waals surface area contributed by atoms with Crippen LogP contribution in [0.25, 0.3) is 0 Å². The first-order valence-corrected chi connectivity index (χ1v) is 5.88. The molecule has 1 aliphatic heterocycles. The molecular weight excluding hydrogens is 212 g/mol. The molecule has 1 aliphatic rings. The summed E-state index contributed by atoms with van der Waals surface area (Å²) in [5.74, 6) is 3.97. The molecule has 1 atom stereocenters. The minimum atomic E-state index is -0.520. The Hall–Kier alpha value is -1.62. The van der Waals surface area contributed by atoms with Crippen LogP contribution in [-0.2, 0) is 6.42 Å². The van der Waals surface area contributed by atoms with Gasteiger partial charge in [-0.1, -0.05) is 5.92 Å². The molecule has 1 unspecified atom stereocenters. The van der Waals surface area contributed by atoms with E-state index in [-0.39, 0.29) is 0 Å². The molecule has 2 heteroatoms. The van der Waals surface area contributed by atoms with Crippen molar-refractivity contribution in [1.82, 2.24) is 0 Å². The molecule has 0 fully saturated rings. The average molecular weight is 230 g/mol. The molecule has 17 heavy (non-hydrogen) atoms. The third kappa shape index (κ3) is 1.67. The fourth-order valence-electron chi connectivity index (χ4n) is 2.35. The largest absolute Gasteiger partial charge is 0.507 e. The zero-order valence-corrected chi connectivity index (χ0v) is 10.8. The van der Waals surface area contributed by atoms with E-state index in [1.165, 1.54) is 0 Å². The van der Waals surface area contributed by atoms with Gasteiger partial charge in [-0.15, -0.1) is 6.42 Å². The van der Waals surface area contributed by atoms with E-state index in [0.717, 1.165) is 40.8 Å². The van der Waals surface area contributed by atoms with Crippen LogP contribution in [0, 0.1) is 33.1 Å². The second kappa shape index (κ2) is 3.70. The molecule has 2 nitrogen and oxygen atoms in total. The Kier molecular flexibility index (Phi) is 2.58. The number of terminal acetylenes is 1. The Morgan fingerprint density at radius 1 is 1.24 bits per heavy atom. The van der Waals surface area contributed by atoms with Crippen LogP contribution in [0.4, 0.5) is 0 Å². The van der Waals surface area contributed by atoms with Crippen molar-refractivity contribution in [2.24, 2.45) is 0 Å². The standard InChI is InChI=1S/C15H18O2/c1-6-15(5)8-7-12-11(4)13(16)9(2)10(3)14(12)17-15/h1,16H,7-8H2,2-5H3. The first-order valence-electron chi connectivity index (χ1n) is 5.88. The Morgan fingerprint density at radius 2 is 1.88 bits per heavy atom. The summed E-state index contributed by atoms with van der Waals surface area (Å²) in [6, 6.07) is 0. The van der Waals surface area contributed by atoms with Gasteiger partial charge >= 0.3 is 0 Å². The highest BCUT2D eigenvalue weighted by molar-refractivity contribution is 5.58. The highest BCUT2D eigenvalue weighted by atomic mass is 16.5. The fraction of sp³-hybridized carbons (Fsp3) is 0.467. The van der Waals surface area contributed by atoms with E-state index in [0.29, 0.717) is 5.75 Å². The molecule has 1 aromatic carbocycles. The molecule has 1 N–H and O–H groups in total.